The number of fused-ring (bicyclic) bond motifs is 1. The van der Waals surface area contributed by atoms with Crippen LogP contribution in [0.2, 0.25) is 0 Å². The fraction of sp³-hybridized carbons (Fsp3) is 0.250. The van der Waals surface area contributed by atoms with E-state index in [0.29, 0.717) is 16.7 Å². The van der Waals surface area contributed by atoms with Crippen LogP contribution in [0.4, 0.5) is 0 Å². The zero-order valence-corrected chi connectivity index (χ0v) is 16.2. The van der Waals surface area contributed by atoms with Gasteiger partial charge in [-0.25, -0.2) is 9.59 Å². The molecule has 134 valence electrons. The third kappa shape index (κ3) is 3.42. The largest absolute Gasteiger partial charge is 0.443 e. The highest BCUT2D eigenvalue weighted by atomic mass is 79.9. The molecule has 0 aromatic heterocycles. The Morgan fingerprint density at radius 2 is 1.92 bits per heavy atom. The lowest BCUT2D eigenvalue weighted by Crippen LogP contribution is -2.48. The summed E-state index contributed by atoms with van der Waals surface area (Å²) in [6.45, 7) is 4.76. The van der Waals surface area contributed by atoms with E-state index < -0.39 is 17.5 Å². The van der Waals surface area contributed by atoms with E-state index in [-0.39, 0.29) is 18.0 Å². The lowest BCUT2D eigenvalue weighted by Gasteiger charge is -2.32. The predicted molar refractivity (Wildman–Crippen MR) is 98.5 cm³/mol. The van der Waals surface area contributed by atoms with Crippen LogP contribution >= 0.6 is 15.9 Å². The highest BCUT2D eigenvalue weighted by Gasteiger charge is 2.44. The monoisotopic (exact) mass is 416 g/mol. The number of halogens is 1. The molecule has 1 unspecified atom stereocenters. The number of esters is 2. The van der Waals surface area contributed by atoms with Crippen molar-refractivity contribution in [3.63, 3.8) is 0 Å². The van der Waals surface area contributed by atoms with Gasteiger partial charge in [-0.3, -0.25) is 4.79 Å². The molecule has 6 heteroatoms. The number of Topliss-reactive ketones (excluding diaryl/α,β-unsaturated/α-hetero) is 1. The predicted octanol–water partition coefficient (Wildman–Crippen LogP) is 4.04. The molecule has 0 spiro atoms. The topological polar surface area (TPSA) is 69.7 Å². The fourth-order valence-corrected chi connectivity index (χ4v) is 3.24. The number of aryl methyl sites for hydroxylation is 1. The third-order valence-corrected chi connectivity index (χ3v) is 4.78. The summed E-state index contributed by atoms with van der Waals surface area (Å²) in [5.74, 6) is -1.35. The first kappa shape index (κ1) is 18.3. The third-order valence-electron chi connectivity index (χ3n) is 4.29. The minimum Gasteiger partial charge on any atom is -0.443 e. The maximum absolute atomic E-state index is 12.8. The van der Waals surface area contributed by atoms with Crippen LogP contribution in [0.1, 0.15) is 45.7 Å². The van der Waals surface area contributed by atoms with Gasteiger partial charge in [-0.1, -0.05) is 33.6 Å². The van der Waals surface area contributed by atoms with Gasteiger partial charge in [-0.2, -0.15) is 0 Å². The van der Waals surface area contributed by atoms with Crippen molar-refractivity contribution in [1.29, 1.82) is 0 Å². The highest BCUT2D eigenvalue weighted by Crippen LogP contribution is 2.32. The Hall–Kier alpha value is -2.47. The van der Waals surface area contributed by atoms with Gasteiger partial charge in [0.15, 0.2) is 5.78 Å². The molecule has 2 aromatic rings. The van der Waals surface area contributed by atoms with Gasteiger partial charge < -0.3 is 9.47 Å². The summed E-state index contributed by atoms with van der Waals surface area (Å²) in [4.78, 5) is 36.9. The van der Waals surface area contributed by atoms with Crippen molar-refractivity contribution in [3.8, 4) is 5.75 Å². The second-order valence-corrected chi connectivity index (χ2v) is 7.46. The molecule has 0 radical (unpaired) electrons. The van der Waals surface area contributed by atoms with Gasteiger partial charge in [0.25, 0.3) is 0 Å². The van der Waals surface area contributed by atoms with Crippen molar-refractivity contribution in [1.82, 2.24) is 0 Å². The number of rotatable bonds is 3. The molecule has 0 fully saturated rings. The van der Waals surface area contributed by atoms with E-state index in [9.17, 15) is 14.4 Å². The van der Waals surface area contributed by atoms with E-state index in [2.05, 4.69) is 15.9 Å². The van der Waals surface area contributed by atoms with E-state index in [0.717, 1.165) is 10.0 Å². The molecule has 0 amide bonds. The Labute approximate surface area is 159 Å². The molecule has 0 bridgehead atoms. The maximum atomic E-state index is 12.8. The van der Waals surface area contributed by atoms with Gasteiger partial charge >= 0.3 is 11.9 Å². The van der Waals surface area contributed by atoms with Crippen molar-refractivity contribution < 1.29 is 23.9 Å². The molecule has 26 heavy (non-hydrogen) atoms. The number of cyclic esters (lactones) is 1. The average molecular weight is 417 g/mol. The Morgan fingerprint density at radius 1 is 1.19 bits per heavy atom. The van der Waals surface area contributed by atoms with Crippen LogP contribution < -0.4 is 4.74 Å². The fourth-order valence-electron chi connectivity index (χ4n) is 2.88. The first-order chi connectivity index (χ1) is 12.2. The Morgan fingerprint density at radius 3 is 2.62 bits per heavy atom. The van der Waals surface area contributed by atoms with Gasteiger partial charge in [0.2, 0.25) is 5.60 Å². The molecular formula is C20H17BrO5. The molecule has 1 heterocycles. The van der Waals surface area contributed by atoms with Crippen molar-refractivity contribution in [2.24, 2.45) is 0 Å². The number of hydrogen-bond donors (Lipinski definition) is 0. The molecule has 0 saturated carbocycles. The van der Waals surface area contributed by atoms with Crippen LogP contribution in [0.5, 0.6) is 5.75 Å². The molecule has 1 atom stereocenters. The first-order valence-corrected chi connectivity index (χ1v) is 8.84. The van der Waals surface area contributed by atoms with Crippen molar-refractivity contribution in [3.05, 3.63) is 63.1 Å². The summed E-state index contributed by atoms with van der Waals surface area (Å²) in [6.07, 6.45) is 0.196. The number of ketones is 1. The summed E-state index contributed by atoms with van der Waals surface area (Å²) < 4.78 is 11.6. The first-order valence-electron chi connectivity index (χ1n) is 8.05. The number of ether oxygens (including phenoxy) is 2. The molecule has 1 aliphatic heterocycles. The average Bonchev–Trinajstić information content (AvgIpc) is 2.57. The van der Waals surface area contributed by atoms with Crippen LogP contribution in [-0.2, 0) is 16.0 Å². The smallest absolute Gasteiger partial charge is 0.356 e. The van der Waals surface area contributed by atoms with E-state index in [1.165, 1.54) is 13.8 Å². The van der Waals surface area contributed by atoms with Gasteiger partial charge in [-0.15, -0.1) is 0 Å². The highest BCUT2D eigenvalue weighted by molar-refractivity contribution is 9.10. The summed E-state index contributed by atoms with van der Waals surface area (Å²) in [5, 5.41) is 0. The minimum atomic E-state index is -1.46. The maximum Gasteiger partial charge on any atom is 0.356 e. The number of carbonyl (C=O) groups is 3. The summed E-state index contributed by atoms with van der Waals surface area (Å²) in [5.41, 5.74) is 0.860. The normalized spacial score (nSPS) is 18.7. The molecule has 2 aromatic carbocycles. The molecule has 0 N–H and O–H groups in total. The van der Waals surface area contributed by atoms with E-state index in [1.807, 2.05) is 6.92 Å². The zero-order valence-electron chi connectivity index (χ0n) is 14.6. The van der Waals surface area contributed by atoms with Crippen LogP contribution in [0.25, 0.3) is 0 Å². The molecule has 1 aliphatic rings. The summed E-state index contributed by atoms with van der Waals surface area (Å²) >= 11 is 3.32. The van der Waals surface area contributed by atoms with Crippen LogP contribution in [-0.4, -0.2) is 23.3 Å². The van der Waals surface area contributed by atoms with Gasteiger partial charge in [0.1, 0.15) is 5.75 Å². The SMILES string of the molecule is CC(=O)c1cc(C)ccc1OC(=O)C1(C)Cc2ccc(Br)cc2C(=O)O1. The Bertz CT molecular complexity index is 934. The second kappa shape index (κ2) is 6.68. The molecule has 0 aliphatic carbocycles. The Kier molecular flexibility index (Phi) is 4.71. The minimum absolute atomic E-state index is 0.159. The van der Waals surface area contributed by atoms with Crippen LogP contribution in [0.15, 0.2) is 40.9 Å². The summed E-state index contributed by atoms with van der Waals surface area (Å²) in [7, 11) is 0. The molecular weight excluding hydrogens is 400 g/mol. The van der Waals surface area contributed by atoms with Crippen molar-refractivity contribution in [2.75, 3.05) is 0 Å². The van der Waals surface area contributed by atoms with E-state index in [1.54, 1.807) is 36.4 Å². The van der Waals surface area contributed by atoms with Gasteiger partial charge in [-0.05, 0) is 50.6 Å². The van der Waals surface area contributed by atoms with Crippen LogP contribution in [0, 0.1) is 6.92 Å². The standard InChI is InChI=1S/C20H17BrO5/c1-11-4-7-17(15(8-11)12(2)22)25-19(24)20(3)10-13-5-6-14(21)9-16(13)18(23)26-20/h4-9H,10H2,1-3H3. The molecule has 0 saturated heterocycles. The zero-order chi connectivity index (χ0) is 19.1. The van der Waals surface area contributed by atoms with Crippen molar-refractivity contribution in [2.45, 2.75) is 32.8 Å². The van der Waals surface area contributed by atoms with E-state index in [4.69, 9.17) is 9.47 Å². The van der Waals surface area contributed by atoms with Gasteiger partial charge in [0.05, 0.1) is 11.1 Å². The van der Waals surface area contributed by atoms with Crippen molar-refractivity contribution >= 4 is 33.7 Å². The number of benzene rings is 2. The Balaban J connectivity index is 1.90. The second-order valence-electron chi connectivity index (χ2n) is 6.54. The van der Waals surface area contributed by atoms with Gasteiger partial charge in [0, 0.05) is 10.9 Å². The molecule has 3 rings (SSSR count). The number of carbonyl (C=O) groups excluding carboxylic acids is 3. The summed E-state index contributed by atoms with van der Waals surface area (Å²) in [6, 6.07) is 10.2. The quantitative estimate of drug-likeness (QED) is 0.429. The van der Waals surface area contributed by atoms with E-state index >= 15 is 0 Å². The lowest BCUT2D eigenvalue weighted by atomic mass is 9.90. The lowest BCUT2D eigenvalue weighted by molar-refractivity contribution is -0.155. The van der Waals surface area contributed by atoms with Crippen LogP contribution in [0.3, 0.4) is 0 Å². The number of hydrogen-bond acceptors (Lipinski definition) is 5. The molecule has 5 nitrogen and oxygen atoms in total.